The number of aliphatic hydroxyl groups is 1. The van der Waals surface area contributed by atoms with Gasteiger partial charge in [0.2, 0.25) is 0 Å². The number of rotatable bonds is 8. The van der Waals surface area contributed by atoms with Gasteiger partial charge in [0.1, 0.15) is 0 Å². The third-order valence-corrected chi connectivity index (χ3v) is 2.78. The first kappa shape index (κ1) is 14.8. The Labute approximate surface area is 112 Å². The number of aliphatic carboxylic acids is 1. The van der Waals surface area contributed by atoms with Gasteiger partial charge in [-0.2, -0.15) is 0 Å². The Morgan fingerprint density at radius 1 is 1.33 bits per heavy atom. The van der Waals surface area contributed by atoms with Crippen molar-refractivity contribution in [3.05, 3.63) is 29.8 Å². The van der Waals surface area contributed by atoms with Gasteiger partial charge in [0.05, 0.1) is 6.10 Å². The van der Waals surface area contributed by atoms with E-state index in [0.29, 0.717) is 25.3 Å². The number of anilines is 1. The Hall–Kier alpha value is -1.26. The monoisotopic (exact) mass is 271 g/mol. The molecule has 0 saturated heterocycles. The van der Waals surface area contributed by atoms with E-state index >= 15 is 0 Å². The number of nitrogens with one attached hydrogen (secondary N) is 1. The lowest BCUT2D eigenvalue weighted by molar-refractivity contribution is -0.136. The zero-order valence-corrected chi connectivity index (χ0v) is 10.9. The van der Waals surface area contributed by atoms with Gasteiger partial charge in [0.25, 0.3) is 0 Å². The van der Waals surface area contributed by atoms with Crippen molar-refractivity contribution in [2.75, 3.05) is 17.7 Å². The van der Waals surface area contributed by atoms with Crippen LogP contribution < -0.4 is 5.32 Å². The molecule has 0 amide bonds. The van der Waals surface area contributed by atoms with Gasteiger partial charge in [-0.15, -0.1) is 11.6 Å². The summed E-state index contributed by atoms with van der Waals surface area (Å²) in [4.78, 5) is 10.4. The van der Waals surface area contributed by atoms with Crippen LogP contribution in [0, 0.1) is 0 Å². The fraction of sp³-hybridized carbons (Fsp3) is 0.462. The van der Waals surface area contributed by atoms with Gasteiger partial charge in [-0.05, 0) is 30.5 Å². The number of alkyl halides is 1. The summed E-state index contributed by atoms with van der Waals surface area (Å²) in [7, 11) is 0. The number of carbonyl (C=O) groups is 1. The first-order chi connectivity index (χ1) is 8.61. The van der Waals surface area contributed by atoms with Crippen LogP contribution in [0.25, 0.3) is 0 Å². The second kappa shape index (κ2) is 7.95. The minimum Gasteiger partial charge on any atom is -0.481 e. The standard InChI is InChI=1S/C13H18ClNO3/c14-8-7-12(16)9-15-11-4-1-10(2-5-11)3-6-13(17)18/h1-2,4-5,12,15-16H,3,6-9H2,(H,17,18). The van der Waals surface area contributed by atoms with Crippen LogP contribution in [0.3, 0.4) is 0 Å². The van der Waals surface area contributed by atoms with Gasteiger partial charge >= 0.3 is 5.97 Å². The lowest BCUT2D eigenvalue weighted by Gasteiger charge is -2.11. The molecule has 0 spiro atoms. The number of carboxylic acids is 1. The molecule has 0 bridgehead atoms. The van der Waals surface area contributed by atoms with Gasteiger partial charge in [-0.1, -0.05) is 12.1 Å². The van der Waals surface area contributed by atoms with Crippen molar-refractivity contribution in [2.45, 2.75) is 25.4 Å². The van der Waals surface area contributed by atoms with Crippen molar-refractivity contribution >= 4 is 23.3 Å². The van der Waals surface area contributed by atoms with Crippen molar-refractivity contribution in [3.63, 3.8) is 0 Å². The Balaban J connectivity index is 2.38. The molecule has 0 fully saturated rings. The van der Waals surface area contributed by atoms with Gasteiger partial charge < -0.3 is 15.5 Å². The van der Waals surface area contributed by atoms with Gasteiger partial charge in [0, 0.05) is 24.5 Å². The summed E-state index contributed by atoms with van der Waals surface area (Å²) in [5.74, 6) is -0.349. The highest BCUT2D eigenvalue weighted by molar-refractivity contribution is 6.17. The van der Waals surface area contributed by atoms with Gasteiger partial charge in [0.15, 0.2) is 0 Å². The van der Waals surface area contributed by atoms with Crippen molar-refractivity contribution in [1.29, 1.82) is 0 Å². The number of aliphatic hydroxyl groups excluding tert-OH is 1. The third-order valence-electron chi connectivity index (χ3n) is 2.57. The smallest absolute Gasteiger partial charge is 0.303 e. The maximum atomic E-state index is 10.4. The highest BCUT2D eigenvalue weighted by atomic mass is 35.5. The predicted octanol–water partition coefficient (Wildman–Crippen LogP) is 2.11. The van der Waals surface area contributed by atoms with E-state index in [2.05, 4.69) is 5.32 Å². The van der Waals surface area contributed by atoms with E-state index in [0.717, 1.165) is 11.3 Å². The largest absolute Gasteiger partial charge is 0.481 e. The van der Waals surface area contributed by atoms with Crippen LogP contribution in [-0.4, -0.2) is 34.7 Å². The summed E-state index contributed by atoms with van der Waals surface area (Å²) in [6.07, 6.45) is 0.783. The van der Waals surface area contributed by atoms with Crippen LogP contribution in [0.2, 0.25) is 0 Å². The highest BCUT2D eigenvalue weighted by Crippen LogP contribution is 2.11. The number of hydrogen-bond donors (Lipinski definition) is 3. The molecule has 1 unspecified atom stereocenters. The van der Waals surface area contributed by atoms with Crippen molar-refractivity contribution in [2.24, 2.45) is 0 Å². The molecule has 1 atom stereocenters. The summed E-state index contributed by atoms with van der Waals surface area (Å²) in [5.41, 5.74) is 1.90. The molecule has 1 aromatic rings. The number of halogens is 1. The molecule has 1 aromatic carbocycles. The van der Waals surface area contributed by atoms with Crippen molar-refractivity contribution in [1.82, 2.24) is 0 Å². The fourth-order valence-electron chi connectivity index (χ4n) is 1.50. The summed E-state index contributed by atoms with van der Waals surface area (Å²) >= 11 is 5.52. The SMILES string of the molecule is O=C(O)CCc1ccc(NCC(O)CCCl)cc1. The molecule has 4 nitrogen and oxygen atoms in total. The van der Waals surface area contributed by atoms with E-state index in [9.17, 15) is 9.90 Å². The first-order valence-electron chi connectivity index (χ1n) is 5.90. The zero-order valence-electron chi connectivity index (χ0n) is 10.1. The molecule has 0 saturated carbocycles. The van der Waals surface area contributed by atoms with E-state index in [1.54, 1.807) is 0 Å². The third kappa shape index (κ3) is 5.89. The molecule has 0 heterocycles. The summed E-state index contributed by atoms with van der Waals surface area (Å²) in [6.45, 7) is 0.460. The Morgan fingerprint density at radius 3 is 2.56 bits per heavy atom. The van der Waals surface area contributed by atoms with E-state index < -0.39 is 12.1 Å². The van der Waals surface area contributed by atoms with Crippen LogP contribution in [-0.2, 0) is 11.2 Å². The Kier molecular flexibility index (Phi) is 6.54. The average molecular weight is 272 g/mol. The second-order valence-electron chi connectivity index (χ2n) is 4.10. The zero-order chi connectivity index (χ0) is 13.4. The number of benzene rings is 1. The minimum atomic E-state index is -0.790. The molecule has 0 radical (unpaired) electrons. The number of hydrogen-bond acceptors (Lipinski definition) is 3. The normalized spacial score (nSPS) is 12.1. The molecule has 5 heteroatoms. The minimum absolute atomic E-state index is 0.140. The molecule has 0 aliphatic rings. The number of carboxylic acid groups (broad SMARTS) is 1. The first-order valence-corrected chi connectivity index (χ1v) is 6.44. The van der Waals surface area contributed by atoms with Crippen LogP contribution >= 0.6 is 11.6 Å². The summed E-state index contributed by atoms with van der Waals surface area (Å²) in [5, 5.41) is 21.2. The topological polar surface area (TPSA) is 69.6 Å². The highest BCUT2D eigenvalue weighted by Gasteiger charge is 2.03. The van der Waals surface area contributed by atoms with Gasteiger partial charge in [-0.3, -0.25) is 4.79 Å². The predicted molar refractivity (Wildman–Crippen MR) is 72.2 cm³/mol. The van der Waals surface area contributed by atoms with E-state index in [-0.39, 0.29) is 6.42 Å². The Bertz CT molecular complexity index is 367. The lowest BCUT2D eigenvalue weighted by atomic mass is 10.1. The molecule has 0 aliphatic heterocycles. The molecular weight excluding hydrogens is 254 g/mol. The maximum Gasteiger partial charge on any atom is 0.303 e. The van der Waals surface area contributed by atoms with Crippen molar-refractivity contribution < 1.29 is 15.0 Å². The van der Waals surface area contributed by atoms with E-state index in [1.165, 1.54) is 0 Å². The van der Waals surface area contributed by atoms with Crippen molar-refractivity contribution in [3.8, 4) is 0 Å². The summed E-state index contributed by atoms with van der Waals surface area (Å²) < 4.78 is 0. The average Bonchev–Trinajstić information content (AvgIpc) is 2.35. The van der Waals surface area contributed by atoms with Crippen LogP contribution in [0.15, 0.2) is 24.3 Å². The van der Waals surface area contributed by atoms with E-state index in [4.69, 9.17) is 16.7 Å². The fourth-order valence-corrected chi connectivity index (χ4v) is 1.76. The molecule has 0 aliphatic carbocycles. The number of aryl methyl sites for hydroxylation is 1. The summed E-state index contributed by atoms with van der Waals surface area (Å²) in [6, 6.07) is 7.54. The Morgan fingerprint density at radius 2 is 2.00 bits per heavy atom. The maximum absolute atomic E-state index is 10.4. The molecule has 100 valence electrons. The van der Waals surface area contributed by atoms with Crippen LogP contribution in [0.1, 0.15) is 18.4 Å². The van der Waals surface area contributed by atoms with Crippen LogP contribution in [0.5, 0.6) is 0 Å². The quantitative estimate of drug-likeness (QED) is 0.634. The molecule has 3 N–H and O–H groups in total. The molecule has 18 heavy (non-hydrogen) atoms. The molecule has 0 aromatic heterocycles. The lowest BCUT2D eigenvalue weighted by Crippen LogP contribution is -2.19. The van der Waals surface area contributed by atoms with Crippen LogP contribution in [0.4, 0.5) is 5.69 Å². The molecule has 1 rings (SSSR count). The second-order valence-corrected chi connectivity index (χ2v) is 4.48. The van der Waals surface area contributed by atoms with E-state index in [1.807, 2.05) is 24.3 Å². The van der Waals surface area contributed by atoms with Gasteiger partial charge in [-0.25, -0.2) is 0 Å². The molecular formula is C13H18ClNO3.